The summed E-state index contributed by atoms with van der Waals surface area (Å²) in [7, 11) is 0. The van der Waals surface area contributed by atoms with Crippen LogP contribution in [0.1, 0.15) is 56.8 Å². The first-order valence-corrected chi connectivity index (χ1v) is 11.4. The number of aliphatic hydroxyl groups excluding tert-OH is 1. The third-order valence-electron chi connectivity index (χ3n) is 7.50. The van der Waals surface area contributed by atoms with Crippen LogP contribution in [0.25, 0.3) is 0 Å². The van der Waals surface area contributed by atoms with Crippen molar-refractivity contribution in [3.05, 3.63) is 69.8 Å². The van der Waals surface area contributed by atoms with Crippen molar-refractivity contribution >= 4 is 17.3 Å². The Morgan fingerprint density at radius 1 is 1.09 bits per heavy atom. The van der Waals surface area contributed by atoms with Gasteiger partial charge in [-0.05, 0) is 41.8 Å². The van der Waals surface area contributed by atoms with Gasteiger partial charge in [-0.15, -0.1) is 0 Å². The molecule has 1 saturated heterocycles. The molecule has 35 heavy (non-hydrogen) atoms. The van der Waals surface area contributed by atoms with Crippen molar-refractivity contribution in [3.8, 4) is 29.4 Å². The summed E-state index contributed by atoms with van der Waals surface area (Å²) in [6, 6.07) is 5.68. The van der Waals surface area contributed by atoms with Gasteiger partial charge in [-0.3, -0.25) is 9.59 Å². The van der Waals surface area contributed by atoms with E-state index < -0.39 is 34.9 Å². The van der Waals surface area contributed by atoms with Crippen molar-refractivity contribution in [1.82, 2.24) is 0 Å². The predicted molar refractivity (Wildman–Crippen MR) is 128 cm³/mol. The Morgan fingerprint density at radius 2 is 1.80 bits per heavy atom. The first-order chi connectivity index (χ1) is 16.8. The predicted octanol–water partition coefficient (Wildman–Crippen LogP) is 1.98. The van der Waals surface area contributed by atoms with Crippen LogP contribution in [0.2, 0.25) is 0 Å². The first-order valence-electron chi connectivity index (χ1n) is 11.4. The van der Waals surface area contributed by atoms with Crippen molar-refractivity contribution < 1.29 is 24.5 Å². The number of allylic oxidation sites excluding steroid dienone is 2. The van der Waals surface area contributed by atoms with E-state index in [4.69, 9.17) is 10.5 Å². The highest BCUT2D eigenvalue weighted by Gasteiger charge is 2.81. The normalized spacial score (nSPS) is 29.7. The Hall–Kier alpha value is -3.88. The van der Waals surface area contributed by atoms with Gasteiger partial charge in [-0.2, -0.15) is 0 Å². The summed E-state index contributed by atoms with van der Waals surface area (Å²) in [5.41, 5.74) is 5.24. The van der Waals surface area contributed by atoms with Crippen LogP contribution in [-0.4, -0.2) is 39.5 Å². The Bertz CT molecular complexity index is 1520. The molecule has 2 aromatic carbocycles. The molecule has 4 aliphatic rings. The number of phenols is 1. The van der Waals surface area contributed by atoms with Crippen LogP contribution >= 0.6 is 0 Å². The molecule has 0 saturated carbocycles. The SMILES string of the molecule is CC(C)[C@@]12O[C@]13c1cc(O)c4c(c1N[C@H]2C#C/C=C\C#C[C@@H]3O)C(=O)c1ccc(CN)cc1C4=O. The van der Waals surface area contributed by atoms with Gasteiger partial charge < -0.3 is 26.0 Å². The Balaban J connectivity index is 1.66. The average molecular weight is 466 g/mol. The molecule has 0 amide bonds. The number of ether oxygens (including phenoxy) is 1. The number of nitrogens with two attached hydrogens (primary N) is 1. The number of fused-ring (bicyclic) bond motifs is 4. The highest BCUT2D eigenvalue weighted by atomic mass is 16.6. The lowest BCUT2D eigenvalue weighted by molar-refractivity contribution is 0.0975. The molecule has 2 aliphatic heterocycles. The van der Waals surface area contributed by atoms with Gasteiger partial charge in [0, 0.05) is 23.2 Å². The summed E-state index contributed by atoms with van der Waals surface area (Å²) >= 11 is 0. The first kappa shape index (κ1) is 21.6. The largest absolute Gasteiger partial charge is 0.507 e. The number of aliphatic hydroxyl groups is 1. The fourth-order valence-corrected chi connectivity index (χ4v) is 5.86. The Labute approximate surface area is 202 Å². The van der Waals surface area contributed by atoms with E-state index in [9.17, 15) is 19.8 Å². The molecule has 1 fully saturated rings. The maximum atomic E-state index is 13.8. The molecule has 0 spiro atoms. The fourth-order valence-electron chi connectivity index (χ4n) is 5.86. The molecule has 7 nitrogen and oxygen atoms in total. The monoisotopic (exact) mass is 466 g/mol. The van der Waals surface area contributed by atoms with Crippen LogP contribution in [0.15, 0.2) is 36.4 Å². The Kier molecular flexibility index (Phi) is 4.37. The van der Waals surface area contributed by atoms with Crippen LogP contribution in [0, 0.1) is 29.6 Å². The van der Waals surface area contributed by atoms with Gasteiger partial charge in [0.1, 0.15) is 17.4 Å². The number of hydrogen-bond donors (Lipinski definition) is 4. The van der Waals surface area contributed by atoms with Crippen molar-refractivity contribution in [1.29, 1.82) is 0 Å². The molecule has 6 rings (SSSR count). The fraction of sp³-hybridized carbons (Fsp3) is 0.286. The van der Waals surface area contributed by atoms with Gasteiger partial charge in [0.05, 0.1) is 16.8 Å². The number of nitrogens with one attached hydrogen (secondary N) is 1. The number of epoxide rings is 1. The van der Waals surface area contributed by atoms with Gasteiger partial charge in [-0.25, -0.2) is 0 Å². The molecule has 7 heteroatoms. The zero-order chi connectivity index (χ0) is 24.7. The molecule has 2 bridgehead atoms. The number of ketones is 2. The van der Waals surface area contributed by atoms with Gasteiger partial charge in [-0.1, -0.05) is 43.6 Å². The summed E-state index contributed by atoms with van der Waals surface area (Å²) < 4.78 is 6.39. The van der Waals surface area contributed by atoms with E-state index in [2.05, 4.69) is 29.0 Å². The van der Waals surface area contributed by atoms with Crippen LogP contribution in [0.4, 0.5) is 5.69 Å². The van der Waals surface area contributed by atoms with Gasteiger partial charge in [0.15, 0.2) is 23.3 Å². The summed E-state index contributed by atoms with van der Waals surface area (Å²) in [5, 5.41) is 25.7. The molecule has 5 N–H and O–H groups in total. The minimum Gasteiger partial charge on any atom is -0.507 e. The minimum atomic E-state index is -1.33. The average Bonchev–Trinajstić information content (AvgIpc) is 3.57. The lowest BCUT2D eigenvalue weighted by atomic mass is 9.67. The molecule has 2 aliphatic carbocycles. The molecular formula is C28H22N2O5. The third-order valence-corrected chi connectivity index (χ3v) is 7.50. The summed E-state index contributed by atoms with van der Waals surface area (Å²) in [5.74, 6) is 10.4. The standard InChI is InChI=1S/C28H22N2O5/c1-14(2)27-20-7-5-3-4-6-8-21(32)28(27,35-27)18-12-19(31)22-23(24(18)30-20)25(33)16-10-9-15(13-29)11-17(16)26(22)34/h3-4,9-12,14,20-21,30-32H,13,29H2,1-2H3/b4-3-/t20-,21-,27-,28-/m0/s1. The number of phenolic OH excluding ortho intramolecular Hbond substituents is 1. The van der Waals surface area contributed by atoms with Crippen LogP contribution < -0.4 is 11.1 Å². The minimum absolute atomic E-state index is 0.0461. The molecule has 2 heterocycles. The number of rotatable bonds is 2. The second-order valence-corrected chi connectivity index (χ2v) is 9.49. The lowest BCUT2D eigenvalue weighted by Gasteiger charge is -2.38. The lowest BCUT2D eigenvalue weighted by Crippen LogP contribution is -2.52. The second kappa shape index (κ2) is 7.07. The summed E-state index contributed by atoms with van der Waals surface area (Å²) in [4.78, 5) is 27.3. The number of hydrogen-bond acceptors (Lipinski definition) is 7. The molecule has 0 unspecified atom stereocenters. The van der Waals surface area contributed by atoms with Crippen molar-refractivity contribution in [2.45, 2.75) is 43.7 Å². The molecule has 4 atom stereocenters. The van der Waals surface area contributed by atoms with Crippen molar-refractivity contribution in [3.63, 3.8) is 0 Å². The van der Waals surface area contributed by atoms with E-state index in [1.54, 1.807) is 30.4 Å². The van der Waals surface area contributed by atoms with Crippen molar-refractivity contribution in [2.75, 3.05) is 5.32 Å². The highest BCUT2D eigenvalue weighted by molar-refractivity contribution is 6.31. The summed E-state index contributed by atoms with van der Waals surface area (Å²) in [6.07, 6.45) is 1.88. The topological polar surface area (TPSA) is 125 Å². The number of benzene rings is 2. The molecule has 2 aromatic rings. The number of carbonyl (C=O) groups excluding carboxylic acids is 2. The van der Waals surface area contributed by atoms with Gasteiger partial charge >= 0.3 is 0 Å². The van der Waals surface area contributed by atoms with E-state index in [1.165, 1.54) is 6.07 Å². The van der Waals surface area contributed by atoms with Crippen LogP contribution in [0.3, 0.4) is 0 Å². The van der Waals surface area contributed by atoms with E-state index >= 15 is 0 Å². The highest BCUT2D eigenvalue weighted by Crippen LogP contribution is 2.68. The second-order valence-electron chi connectivity index (χ2n) is 9.49. The quantitative estimate of drug-likeness (QED) is 0.259. The van der Waals surface area contributed by atoms with E-state index in [1.807, 2.05) is 13.8 Å². The van der Waals surface area contributed by atoms with Crippen LogP contribution in [0.5, 0.6) is 5.75 Å². The van der Waals surface area contributed by atoms with E-state index in [0.717, 1.165) is 0 Å². The maximum Gasteiger partial charge on any atom is 0.198 e. The smallest absolute Gasteiger partial charge is 0.198 e. The van der Waals surface area contributed by atoms with Crippen molar-refractivity contribution in [2.24, 2.45) is 11.7 Å². The number of anilines is 1. The Morgan fingerprint density at radius 3 is 2.51 bits per heavy atom. The van der Waals surface area contributed by atoms with E-state index in [0.29, 0.717) is 16.8 Å². The van der Waals surface area contributed by atoms with Gasteiger partial charge in [0.25, 0.3) is 0 Å². The molecule has 0 radical (unpaired) electrons. The van der Waals surface area contributed by atoms with Crippen LogP contribution in [-0.2, 0) is 16.9 Å². The van der Waals surface area contributed by atoms with Gasteiger partial charge in [0.2, 0.25) is 0 Å². The third kappa shape index (κ3) is 2.53. The summed E-state index contributed by atoms with van der Waals surface area (Å²) in [6.45, 7) is 4.14. The number of aromatic hydroxyl groups is 1. The zero-order valence-electron chi connectivity index (χ0n) is 19.1. The number of carbonyl (C=O) groups is 2. The maximum absolute atomic E-state index is 13.8. The molecule has 0 aromatic heterocycles. The zero-order valence-corrected chi connectivity index (χ0v) is 19.1. The molecule has 174 valence electrons. The molecular weight excluding hydrogens is 444 g/mol. The van der Waals surface area contributed by atoms with E-state index in [-0.39, 0.29) is 40.5 Å².